The molecule has 160 valence electrons. The summed E-state index contributed by atoms with van der Waals surface area (Å²) in [5, 5.41) is 2.72. The number of rotatable bonds is 8. The van der Waals surface area contributed by atoms with Crippen molar-refractivity contribution in [3.8, 4) is 11.5 Å². The number of amides is 3. The van der Waals surface area contributed by atoms with Crippen LogP contribution in [0.4, 0.5) is 0 Å². The van der Waals surface area contributed by atoms with Crippen molar-refractivity contribution in [1.29, 1.82) is 0 Å². The number of methoxy groups -OCH3 is 2. The number of benzene rings is 2. The van der Waals surface area contributed by atoms with Crippen LogP contribution in [0.15, 0.2) is 48.5 Å². The number of hydrazine groups is 1. The number of nitrogens with one attached hydrogen (secondary N) is 3. The molecule has 2 aromatic carbocycles. The number of carbonyl (C=O) groups excluding carboxylic acids is 3. The lowest BCUT2D eigenvalue weighted by Crippen LogP contribution is -2.48. The second-order valence-electron chi connectivity index (χ2n) is 7.02. The van der Waals surface area contributed by atoms with Gasteiger partial charge in [0.25, 0.3) is 11.8 Å². The van der Waals surface area contributed by atoms with Gasteiger partial charge >= 0.3 is 0 Å². The molecule has 0 aromatic heterocycles. The van der Waals surface area contributed by atoms with Crippen molar-refractivity contribution in [2.75, 3.05) is 14.2 Å². The summed E-state index contributed by atoms with van der Waals surface area (Å²) in [7, 11) is 2.96. The van der Waals surface area contributed by atoms with Crippen molar-refractivity contribution in [1.82, 2.24) is 16.2 Å². The van der Waals surface area contributed by atoms with Gasteiger partial charge in [-0.25, -0.2) is 0 Å². The van der Waals surface area contributed by atoms with Crippen LogP contribution in [0.25, 0.3) is 0 Å². The van der Waals surface area contributed by atoms with Gasteiger partial charge in [-0.1, -0.05) is 44.2 Å². The Balaban J connectivity index is 2.09. The van der Waals surface area contributed by atoms with E-state index in [0.29, 0.717) is 17.1 Å². The first-order valence-electron chi connectivity index (χ1n) is 9.52. The van der Waals surface area contributed by atoms with Gasteiger partial charge in [-0.3, -0.25) is 25.2 Å². The van der Waals surface area contributed by atoms with E-state index in [1.165, 1.54) is 20.3 Å². The van der Waals surface area contributed by atoms with E-state index in [2.05, 4.69) is 16.2 Å². The van der Waals surface area contributed by atoms with E-state index in [0.717, 1.165) is 0 Å². The highest BCUT2D eigenvalue weighted by Crippen LogP contribution is 2.27. The lowest BCUT2D eigenvalue weighted by Gasteiger charge is -2.20. The molecule has 0 aliphatic heterocycles. The van der Waals surface area contributed by atoms with E-state index >= 15 is 0 Å². The summed E-state index contributed by atoms with van der Waals surface area (Å²) < 4.78 is 10.3. The maximum atomic E-state index is 12.7. The minimum Gasteiger partial charge on any atom is -0.493 e. The Morgan fingerprint density at radius 3 is 2.17 bits per heavy atom. The SMILES string of the molecule is COc1ccc(C(=O)NNC(=O)C(NC(=O)CC(C)C)c2ccccc2)cc1OC. The molecule has 0 aliphatic carbocycles. The molecule has 0 spiro atoms. The Morgan fingerprint density at radius 1 is 0.900 bits per heavy atom. The first-order valence-corrected chi connectivity index (χ1v) is 9.52. The molecule has 0 saturated heterocycles. The minimum absolute atomic E-state index is 0.147. The van der Waals surface area contributed by atoms with Crippen LogP contribution < -0.4 is 25.6 Å². The van der Waals surface area contributed by atoms with Gasteiger partial charge in [0.2, 0.25) is 5.91 Å². The predicted octanol–water partition coefficient (Wildman–Crippen LogP) is 2.37. The minimum atomic E-state index is -0.942. The lowest BCUT2D eigenvalue weighted by atomic mass is 10.0. The fourth-order valence-corrected chi connectivity index (χ4v) is 2.78. The average Bonchev–Trinajstić information content (AvgIpc) is 2.75. The summed E-state index contributed by atoms with van der Waals surface area (Å²) in [6, 6.07) is 12.5. The van der Waals surface area contributed by atoms with Crippen LogP contribution in [-0.2, 0) is 9.59 Å². The molecule has 2 aromatic rings. The smallest absolute Gasteiger partial charge is 0.269 e. The number of carbonyl (C=O) groups is 3. The molecule has 8 nitrogen and oxygen atoms in total. The highest BCUT2D eigenvalue weighted by atomic mass is 16.5. The van der Waals surface area contributed by atoms with Gasteiger partial charge in [-0.15, -0.1) is 0 Å². The quantitative estimate of drug-likeness (QED) is 0.576. The average molecular weight is 413 g/mol. The Labute approximate surface area is 175 Å². The molecule has 1 unspecified atom stereocenters. The predicted molar refractivity (Wildman–Crippen MR) is 112 cm³/mol. The summed E-state index contributed by atoms with van der Waals surface area (Å²) in [5.41, 5.74) is 5.62. The zero-order valence-corrected chi connectivity index (χ0v) is 17.5. The molecule has 0 fully saturated rings. The third kappa shape index (κ3) is 6.23. The molecular formula is C22H27N3O5. The van der Waals surface area contributed by atoms with Crippen LogP contribution in [0, 0.1) is 5.92 Å². The third-order valence-electron chi connectivity index (χ3n) is 4.24. The van der Waals surface area contributed by atoms with Gasteiger partial charge in [0, 0.05) is 12.0 Å². The van der Waals surface area contributed by atoms with Gasteiger partial charge < -0.3 is 14.8 Å². The Hall–Kier alpha value is -3.55. The van der Waals surface area contributed by atoms with Crippen molar-refractivity contribution in [3.63, 3.8) is 0 Å². The normalized spacial score (nSPS) is 11.4. The van der Waals surface area contributed by atoms with E-state index < -0.39 is 17.9 Å². The van der Waals surface area contributed by atoms with Crippen molar-refractivity contribution in [2.24, 2.45) is 5.92 Å². The highest BCUT2D eigenvalue weighted by molar-refractivity contribution is 5.97. The largest absolute Gasteiger partial charge is 0.493 e. The molecule has 30 heavy (non-hydrogen) atoms. The number of ether oxygens (including phenoxy) is 2. The van der Waals surface area contributed by atoms with E-state index in [-0.39, 0.29) is 23.8 Å². The van der Waals surface area contributed by atoms with Crippen LogP contribution in [-0.4, -0.2) is 31.9 Å². The van der Waals surface area contributed by atoms with Crippen LogP contribution in [0.5, 0.6) is 11.5 Å². The third-order valence-corrected chi connectivity index (χ3v) is 4.24. The highest BCUT2D eigenvalue weighted by Gasteiger charge is 2.23. The lowest BCUT2D eigenvalue weighted by molar-refractivity contribution is -0.130. The zero-order valence-electron chi connectivity index (χ0n) is 17.5. The zero-order chi connectivity index (χ0) is 22.1. The van der Waals surface area contributed by atoms with Crippen LogP contribution >= 0.6 is 0 Å². The van der Waals surface area contributed by atoms with E-state index in [1.807, 2.05) is 19.9 Å². The molecule has 1 atom stereocenters. The van der Waals surface area contributed by atoms with E-state index in [9.17, 15) is 14.4 Å². The molecular weight excluding hydrogens is 386 g/mol. The van der Waals surface area contributed by atoms with E-state index in [1.54, 1.807) is 36.4 Å². The molecule has 0 saturated carbocycles. The maximum Gasteiger partial charge on any atom is 0.269 e. The molecule has 0 heterocycles. The Bertz CT molecular complexity index is 884. The number of hydrogen-bond acceptors (Lipinski definition) is 5. The second kappa shape index (κ2) is 10.8. The molecule has 3 amide bonds. The van der Waals surface area contributed by atoms with Crippen molar-refractivity contribution >= 4 is 17.7 Å². The fourth-order valence-electron chi connectivity index (χ4n) is 2.78. The first-order chi connectivity index (χ1) is 14.3. The summed E-state index contributed by atoms with van der Waals surface area (Å²) in [5.74, 6) is -0.333. The molecule has 2 rings (SSSR count). The summed E-state index contributed by atoms with van der Waals surface area (Å²) in [6.07, 6.45) is 0.286. The summed E-state index contributed by atoms with van der Waals surface area (Å²) >= 11 is 0. The van der Waals surface area contributed by atoms with E-state index in [4.69, 9.17) is 9.47 Å². The second-order valence-corrected chi connectivity index (χ2v) is 7.02. The van der Waals surface area contributed by atoms with Crippen molar-refractivity contribution in [2.45, 2.75) is 26.3 Å². The molecule has 0 aliphatic rings. The standard InChI is InChI=1S/C22H27N3O5/c1-14(2)12-19(26)23-20(15-8-6-5-7-9-15)22(28)25-24-21(27)16-10-11-17(29-3)18(13-16)30-4/h5-11,13-14,20H,12H2,1-4H3,(H,23,26)(H,24,27)(H,25,28). The first kappa shape index (κ1) is 22.7. The monoisotopic (exact) mass is 413 g/mol. The van der Waals surface area contributed by atoms with Crippen LogP contribution in [0.3, 0.4) is 0 Å². The maximum absolute atomic E-state index is 12.7. The summed E-state index contributed by atoms with van der Waals surface area (Å²) in [4.78, 5) is 37.4. The number of hydrogen-bond donors (Lipinski definition) is 3. The molecule has 3 N–H and O–H groups in total. The Kier molecular flexibility index (Phi) is 8.22. The topological polar surface area (TPSA) is 106 Å². The molecule has 0 bridgehead atoms. The molecule has 8 heteroatoms. The van der Waals surface area contributed by atoms with Crippen molar-refractivity contribution < 1.29 is 23.9 Å². The fraction of sp³-hybridized carbons (Fsp3) is 0.318. The Morgan fingerprint density at radius 2 is 1.57 bits per heavy atom. The van der Waals surface area contributed by atoms with Crippen molar-refractivity contribution in [3.05, 3.63) is 59.7 Å². The van der Waals surface area contributed by atoms with Gasteiger partial charge in [-0.2, -0.15) is 0 Å². The van der Waals surface area contributed by atoms with Gasteiger partial charge in [-0.05, 0) is 29.7 Å². The van der Waals surface area contributed by atoms with Gasteiger partial charge in [0.05, 0.1) is 14.2 Å². The van der Waals surface area contributed by atoms with Crippen LogP contribution in [0.2, 0.25) is 0 Å². The van der Waals surface area contributed by atoms with Gasteiger partial charge in [0.1, 0.15) is 6.04 Å². The molecule has 0 radical (unpaired) electrons. The van der Waals surface area contributed by atoms with Gasteiger partial charge in [0.15, 0.2) is 11.5 Å². The van der Waals surface area contributed by atoms with Crippen LogP contribution in [0.1, 0.15) is 42.2 Å². The summed E-state index contributed by atoms with van der Waals surface area (Å²) in [6.45, 7) is 3.83.